The lowest BCUT2D eigenvalue weighted by Crippen LogP contribution is -2.46. The van der Waals surface area contributed by atoms with Crippen LogP contribution in [0.25, 0.3) is 10.9 Å². The summed E-state index contributed by atoms with van der Waals surface area (Å²) in [5.41, 5.74) is -1.07. The Hall–Kier alpha value is -3.34. The number of rotatable bonds is 4. The number of nitrogens with zero attached hydrogens (tertiary/aromatic N) is 4. The lowest BCUT2D eigenvalue weighted by Gasteiger charge is -2.37. The zero-order chi connectivity index (χ0) is 24.8. The number of carbonyl (C=O) groups excluding carboxylic acids is 2. The predicted molar refractivity (Wildman–Crippen MR) is 123 cm³/mol. The molecular weight excluding hydrogens is 447 g/mol. The Balaban J connectivity index is 1.72. The largest absolute Gasteiger partial charge is 0.467 e. The Bertz CT molecular complexity index is 1200. The highest BCUT2D eigenvalue weighted by Gasteiger charge is 2.31. The number of aromatic nitrogens is 1. The fraction of sp³-hybridized carbons (Fsp3) is 0.522. The van der Waals surface area contributed by atoms with Crippen LogP contribution in [0.15, 0.2) is 17.1 Å². The van der Waals surface area contributed by atoms with Gasteiger partial charge in [0.15, 0.2) is 18.3 Å². The van der Waals surface area contributed by atoms with Gasteiger partial charge in [0.1, 0.15) is 16.8 Å². The molecule has 184 valence electrons. The van der Waals surface area contributed by atoms with Gasteiger partial charge >= 0.3 is 11.9 Å². The predicted octanol–water partition coefficient (Wildman–Crippen LogP) is 1.51. The molecule has 1 fully saturated rings. The van der Waals surface area contributed by atoms with Crippen LogP contribution < -0.4 is 20.1 Å². The van der Waals surface area contributed by atoms with Crippen molar-refractivity contribution in [1.82, 2.24) is 9.58 Å². The molecule has 3 heterocycles. The molecule has 1 aromatic heterocycles. The molecule has 34 heavy (non-hydrogen) atoms. The van der Waals surface area contributed by atoms with Crippen molar-refractivity contribution in [2.24, 2.45) is 5.41 Å². The first kappa shape index (κ1) is 23.8. The van der Waals surface area contributed by atoms with Gasteiger partial charge < -0.3 is 24.0 Å². The molecule has 11 heteroatoms. The number of ether oxygens (including phenoxy) is 3. The van der Waals surface area contributed by atoms with E-state index in [0.717, 1.165) is 19.2 Å². The van der Waals surface area contributed by atoms with E-state index in [1.807, 2.05) is 11.9 Å². The number of halogens is 1. The summed E-state index contributed by atoms with van der Waals surface area (Å²) in [6, 6.07) is 1.14. The van der Waals surface area contributed by atoms with Crippen LogP contribution in [-0.2, 0) is 14.3 Å². The van der Waals surface area contributed by atoms with Crippen LogP contribution in [0.5, 0.6) is 5.75 Å². The molecule has 1 saturated heterocycles. The van der Waals surface area contributed by atoms with Crippen LogP contribution in [0.3, 0.4) is 0 Å². The van der Waals surface area contributed by atoms with Crippen molar-refractivity contribution in [3.63, 3.8) is 0 Å². The van der Waals surface area contributed by atoms with Crippen LogP contribution in [-0.4, -0.2) is 75.3 Å². The summed E-state index contributed by atoms with van der Waals surface area (Å²) in [7, 11) is 3.72. The zero-order valence-electron chi connectivity index (χ0n) is 20.0. The van der Waals surface area contributed by atoms with E-state index in [1.54, 1.807) is 37.5 Å². The van der Waals surface area contributed by atoms with Crippen molar-refractivity contribution in [3.05, 3.63) is 33.9 Å². The molecule has 0 spiro atoms. The molecule has 0 saturated carbocycles. The zero-order valence-corrected chi connectivity index (χ0v) is 20.0. The van der Waals surface area contributed by atoms with Gasteiger partial charge in [-0.05, 0) is 33.9 Å². The van der Waals surface area contributed by atoms with Crippen molar-refractivity contribution >= 4 is 28.5 Å². The number of esters is 2. The van der Waals surface area contributed by atoms with E-state index in [2.05, 4.69) is 4.90 Å². The number of hydrogen-bond donors (Lipinski definition) is 0. The van der Waals surface area contributed by atoms with Crippen molar-refractivity contribution in [3.8, 4) is 5.75 Å². The van der Waals surface area contributed by atoms with Crippen LogP contribution in [0.4, 0.5) is 10.1 Å². The number of benzene rings is 1. The maximum absolute atomic E-state index is 15.3. The molecule has 2 aromatic rings. The van der Waals surface area contributed by atoms with Crippen molar-refractivity contribution in [1.29, 1.82) is 0 Å². The van der Waals surface area contributed by atoms with Gasteiger partial charge in [0.25, 0.3) is 0 Å². The lowest BCUT2D eigenvalue weighted by molar-refractivity contribution is -0.161. The molecule has 0 amide bonds. The first-order chi connectivity index (χ1) is 16.0. The Morgan fingerprint density at radius 3 is 2.44 bits per heavy atom. The maximum atomic E-state index is 15.3. The molecule has 0 radical (unpaired) electrons. The van der Waals surface area contributed by atoms with Crippen LogP contribution in [0.1, 0.15) is 31.1 Å². The van der Waals surface area contributed by atoms with Crippen LogP contribution in [0.2, 0.25) is 0 Å². The third-order valence-corrected chi connectivity index (χ3v) is 5.95. The Morgan fingerprint density at radius 1 is 1.12 bits per heavy atom. The van der Waals surface area contributed by atoms with Crippen LogP contribution in [0, 0.1) is 11.2 Å². The Kier molecular flexibility index (Phi) is 6.15. The fourth-order valence-electron chi connectivity index (χ4n) is 3.92. The summed E-state index contributed by atoms with van der Waals surface area (Å²) in [5.74, 6) is -1.84. The molecule has 4 rings (SSSR count). The van der Waals surface area contributed by atoms with Gasteiger partial charge in [-0.1, -0.05) is 0 Å². The number of anilines is 1. The molecule has 0 atom stereocenters. The van der Waals surface area contributed by atoms with Crippen LogP contribution >= 0.6 is 0 Å². The normalized spacial score (nSPS) is 16.4. The first-order valence-electron chi connectivity index (χ1n) is 11.0. The summed E-state index contributed by atoms with van der Waals surface area (Å²) in [4.78, 5) is 41.8. The van der Waals surface area contributed by atoms with E-state index in [0.29, 0.717) is 24.3 Å². The van der Waals surface area contributed by atoms with E-state index in [9.17, 15) is 14.4 Å². The molecule has 0 bridgehead atoms. The van der Waals surface area contributed by atoms with E-state index >= 15 is 4.39 Å². The Labute approximate surface area is 196 Å². The quantitative estimate of drug-likeness (QED) is 0.481. The average Bonchev–Trinajstić information content (AvgIpc) is 2.77. The highest BCUT2D eigenvalue weighted by Crippen LogP contribution is 2.40. The highest BCUT2D eigenvalue weighted by molar-refractivity contribution is 5.98. The van der Waals surface area contributed by atoms with Crippen molar-refractivity contribution in [2.75, 3.05) is 63.7 Å². The second kappa shape index (κ2) is 8.79. The van der Waals surface area contributed by atoms with Gasteiger partial charge in [0.05, 0.1) is 10.8 Å². The topological polar surface area (TPSA) is 93.6 Å². The average molecular weight is 477 g/mol. The smallest absolute Gasteiger partial charge is 0.346 e. The molecule has 2 aliphatic heterocycles. The molecule has 10 nitrogen and oxygen atoms in total. The molecule has 0 aliphatic carbocycles. The molecule has 0 N–H and O–H groups in total. The third-order valence-electron chi connectivity index (χ3n) is 5.95. The second-order valence-corrected chi connectivity index (χ2v) is 9.60. The number of pyridine rings is 1. The van der Waals surface area contributed by atoms with Gasteiger partial charge in [-0.15, -0.1) is 0 Å². The highest BCUT2D eigenvalue weighted by atomic mass is 19.1. The minimum Gasteiger partial charge on any atom is -0.467 e. The van der Waals surface area contributed by atoms with E-state index < -0.39 is 35.4 Å². The summed E-state index contributed by atoms with van der Waals surface area (Å²) < 4.78 is 32.8. The van der Waals surface area contributed by atoms with Gasteiger partial charge in [-0.3, -0.25) is 19.3 Å². The SMILES string of the molecule is CN1CCN(c2c(F)cc3c(=O)c(C(=O)OCOC(=O)C(C)(C)C)cn4c3c2OCN4C)CC1. The number of piperazine rings is 1. The van der Waals surface area contributed by atoms with E-state index in [1.165, 1.54) is 6.20 Å². The molecule has 2 aliphatic rings. The lowest BCUT2D eigenvalue weighted by atomic mass is 9.98. The van der Waals surface area contributed by atoms with Gasteiger partial charge in [0, 0.05) is 39.4 Å². The summed E-state index contributed by atoms with van der Waals surface area (Å²) in [5, 5.41) is 1.65. The minimum atomic E-state index is -0.970. The maximum Gasteiger partial charge on any atom is 0.346 e. The first-order valence-corrected chi connectivity index (χ1v) is 11.0. The van der Waals surface area contributed by atoms with Crippen molar-refractivity contribution in [2.45, 2.75) is 20.8 Å². The fourth-order valence-corrected chi connectivity index (χ4v) is 3.92. The molecular formula is C23H29FN4O6. The molecule has 1 aromatic carbocycles. The van der Waals surface area contributed by atoms with Gasteiger partial charge in [-0.2, -0.15) is 0 Å². The summed E-state index contributed by atoms with van der Waals surface area (Å²) in [6.45, 7) is 7.23. The van der Waals surface area contributed by atoms with E-state index in [-0.39, 0.29) is 23.4 Å². The third kappa shape index (κ3) is 4.27. The standard InChI is InChI=1S/C23H29FN4O6/c1-23(2,3)22(31)34-13-33-21(30)15-11-28-17-14(19(15)29)10-16(24)18(20(17)32-12-26(28)5)27-8-6-25(4)7-9-27/h10-11H,6-9,12-13H2,1-5H3. The van der Waals surface area contributed by atoms with E-state index in [4.69, 9.17) is 14.2 Å². The monoisotopic (exact) mass is 476 g/mol. The second-order valence-electron chi connectivity index (χ2n) is 9.60. The molecule has 0 unspecified atom stereocenters. The summed E-state index contributed by atoms with van der Waals surface area (Å²) >= 11 is 0. The van der Waals surface area contributed by atoms with Gasteiger partial charge in [0.2, 0.25) is 12.2 Å². The van der Waals surface area contributed by atoms with Crippen molar-refractivity contribution < 1.29 is 28.2 Å². The minimum absolute atomic E-state index is 0.00179. The number of likely N-dealkylation sites (N-methyl/N-ethyl adjacent to an activating group) is 1. The Morgan fingerprint density at radius 2 is 1.79 bits per heavy atom. The number of carbonyl (C=O) groups is 2. The number of hydrogen-bond acceptors (Lipinski definition) is 9. The van der Waals surface area contributed by atoms with Gasteiger partial charge in [-0.25, -0.2) is 9.18 Å². The summed E-state index contributed by atoms with van der Waals surface area (Å²) in [6.07, 6.45) is 1.34.